The van der Waals surface area contributed by atoms with Crippen LogP contribution in [0.15, 0.2) is 0 Å². The number of aliphatic hydroxyl groups is 1. The van der Waals surface area contributed by atoms with Crippen molar-refractivity contribution in [3.63, 3.8) is 0 Å². The Hall–Kier alpha value is -0.120. The van der Waals surface area contributed by atoms with Crippen LogP contribution in [0.5, 0.6) is 0 Å². The summed E-state index contributed by atoms with van der Waals surface area (Å²) in [4.78, 5) is 5.04. The SMILES string of the molecule is CC(C)N1CCN(CC[C@H](O)CCCC(C)(C)C)CC1. The van der Waals surface area contributed by atoms with Gasteiger partial charge in [-0.3, -0.25) is 4.90 Å². The third kappa shape index (κ3) is 7.61. The molecule has 0 bridgehead atoms. The second-order valence-electron chi connectivity index (χ2n) is 7.87. The molecule has 1 fully saturated rings. The van der Waals surface area contributed by atoms with Crippen LogP contribution in [-0.2, 0) is 0 Å². The van der Waals surface area contributed by atoms with Gasteiger partial charge in [0.25, 0.3) is 0 Å². The molecule has 0 amide bonds. The average Bonchev–Trinajstić information content (AvgIpc) is 2.35. The fraction of sp³-hybridized carbons (Fsp3) is 1.00. The molecule has 0 unspecified atom stereocenters. The normalized spacial score (nSPS) is 20.6. The lowest BCUT2D eigenvalue weighted by molar-refractivity contribution is 0.0841. The third-order valence-electron chi connectivity index (χ3n) is 4.38. The third-order valence-corrected chi connectivity index (χ3v) is 4.38. The van der Waals surface area contributed by atoms with E-state index in [1.54, 1.807) is 0 Å². The fourth-order valence-electron chi connectivity index (χ4n) is 2.85. The molecule has 0 aromatic rings. The highest BCUT2D eigenvalue weighted by Gasteiger charge is 2.19. The highest BCUT2D eigenvalue weighted by molar-refractivity contribution is 4.75. The maximum absolute atomic E-state index is 10.1. The zero-order valence-corrected chi connectivity index (χ0v) is 14.4. The van der Waals surface area contributed by atoms with Gasteiger partial charge in [0.15, 0.2) is 0 Å². The number of nitrogens with zero attached hydrogens (tertiary/aromatic N) is 2. The van der Waals surface area contributed by atoms with Crippen molar-refractivity contribution in [1.82, 2.24) is 9.80 Å². The predicted molar refractivity (Wildman–Crippen MR) is 87.1 cm³/mol. The quantitative estimate of drug-likeness (QED) is 0.778. The van der Waals surface area contributed by atoms with Crippen molar-refractivity contribution >= 4 is 0 Å². The van der Waals surface area contributed by atoms with Crippen molar-refractivity contribution in [3.8, 4) is 0 Å². The van der Waals surface area contributed by atoms with Crippen LogP contribution in [0.4, 0.5) is 0 Å². The Morgan fingerprint density at radius 2 is 1.60 bits per heavy atom. The van der Waals surface area contributed by atoms with Crippen molar-refractivity contribution in [1.29, 1.82) is 0 Å². The fourth-order valence-corrected chi connectivity index (χ4v) is 2.85. The van der Waals surface area contributed by atoms with E-state index in [1.807, 2.05) is 0 Å². The Morgan fingerprint density at radius 1 is 1.00 bits per heavy atom. The highest BCUT2D eigenvalue weighted by atomic mass is 16.3. The lowest BCUT2D eigenvalue weighted by Gasteiger charge is -2.37. The van der Waals surface area contributed by atoms with Crippen LogP contribution in [0, 0.1) is 5.41 Å². The molecule has 3 nitrogen and oxygen atoms in total. The number of aliphatic hydroxyl groups excluding tert-OH is 1. The zero-order valence-electron chi connectivity index (χ0n) is 14.4. The zero-order chi connectivity index (χ0) is 15.2. The van der Waals surface area contributed by atoms with Crippen LogP contribution in [0.2, 0.25) is 0 Å². The largest absolute Gasteiger partial charge is 0.393 e. The van der Waals surface area contributed by atoms with Crippen molar-refractivity contribution in [2.24, 2.45) is 5.41 Å². The van der Waals surface area contributed by atoms with E-state index >= 15 is 0 Å². The first-order chi connectivity index (χ1) is 9.28. The molecule has 20 heavy (non-hydrogen) atoms. The van der Waals surface area contributed by atoms with Gasteiger partial charge in [0.2, 0.25) is 0 Å². The molecule has 1 aliphatic rings. The first kappa shape index (κ1) is 17.9. The molecular formula is C17H36N2O. The van der Waals surface area contributed by atoms with Gasteiger partial charge in [0, 0.05) is 38.8 Å². The Labute approximate surface area is 126 Å². The number of hydrogen-bond acceptors (Lipinski definition) is 3. The van der Waals surface area contributed by atoms with E-state index < -0.39 is 0 Å². The summed E-state index contributed by atoms with van der Waals surface area (Å²) in [5, 5.41) is 10.1. The first-order valence-electron chi connectivity index (χ1n) is 8.42. The van der Waals surface area contributed by atoms with Crippen molar-refractivity contribution in [2.45, 2.75) is 72.4 Å². The standard InChI is InChI=1S/C17H36N2O/c1-15(2)19-13-11-18(12-14-19)10-8-16(20)7-6-9-17(3,4)5/h15-16,20H,6-14H2,1-5H3/t16-/m1/s1. The second-order valence-corrected chi connectivity index (χ2v) is 7.87. The van der Waals surface area contributed by atoms with Crippen LogP contribution in [0.3, 0.4) is 0 Å². The molecule has 0 aromatic heterocycles. The van der Waals surface area contributed by atoms with Crippen LogP contribution >= 0.6 is 0 Å². The monoisotopic (exact) mass is 284 g/mol. The van der Waals surface area contributed by atoms with Gasteiger partial charge in [0.1, 0.15) is 0 Å². The summed E-state index contributed by atoms with van der Waals surface area (Å²) in [7, 11) is 0. The molecule has 0 saturated carbocycles. The summed E-state index contributed by atoms with van der Waals surface area (Å²) in [6.45, 7) is 17.1. The minimum Gasteiger partial charge on any atom is -0.393 e. The lowest BCUT2D eigenvalue weighted by atomic mass is 9.89. The van der Waals surface area contributed by atoms with E-state index in [1.165, 1.54) is 19.5 Å². The van der Waals surface area contributed by atoms with E-state index in [-0.39, 0.29) is 6.10 Å². The average molecular weight is 284 g/mol. The Balaban J connectivity index is 2.09. The van der Waals surface area contributed by atoms with Crippen LogP contribution in [-0.4, -0.2) is 59.8 Å². The van der Waals surface area contributed by atoms with Crippen LogP contribution in [0.25, 0.3) is 0 Å². The molecule has 3 heteroatoms. The van der Waals surface area contributed by atoms with Crippen molar-refractivity contribution in [2.75, 3.05) is 32.7 Å². The predicted octanol–water partition coefficient (Wildman–Crippen LogP) is 2.98. The second kappa shape index (κ2) is 8.35. The van der Waals surface area contributed by atoms with Gasteiger partial charge in [-0.15, -0.1) is 0 Å². The molecule has 1 aliphatic heterocycles. The maximum atomic E-state index is 10.1. The molecule has 1 N–H and O–H groups in total. The summed E-state index contributed by atoms with van der Waals surface area (Å²) in [5.41, 5.74) is 0.396. The molecule has 1 atom stereocenters. The number of piperazine rings is 1. The Morgan fingerprint density at radius 3 is 2.10 bits per heavy atom. The van der Waals surface area contributed by atoms with Crippen LogP contribution in [0.1, 0.15) is 60.3 Å². The van der Waals surface area contributed by atoms with E-state index in [2.05, 4.69) is 44.4 Å². The number of hydrogen-bond donors (Lipinski definition) is 1. The molecule has 0 spiro atoms. The molecule has 120 valence electrons. The van der Waals surface area contributed by atoms with Crippen molar-refractivity contribution in [3.05, 3.63) is 0 Å². The maximum Gasteiger partial charge on any atom is 0.0552 e. The Bertz CT molecular complexity index is 252. The summed E-state index contributed by atoms with van der Waals surface area (Å²) in [6.07, 6.45) is 4.14. The minimum absolute atomic E-state index is 0.111. The van der Waals surface area contributed by atoms with Gasteiger partial charge in [-0.05, 0) is 38.5 Å². The van der Waals surface area contributed by atoms with Gasteiger partial charge >= 0.3 is 0 Å². The van der Waals surface area contributed by atoms with Crippen LogP contribution < -0.4 is 0 Å². The van der Waals surface area contributed by atoms with Crippen molar-refractivity contribution < 1.29 is 5.11 Å². The molecule has 1 heterocycles. The summed E-state index contributed by atoms with van der Waals surface area (Å²) >= 11 is 0. The van der Waals surface area contributed by atoms with Gasteiger partial charge < -0.3 is 10.0 Å². The number of rotatable bonds is 7. The van der Waals surface area contributed by atoms with E-state index in [9.17, 15) is 5.11 Å². The minimum atomic E-state index is -0.111. The molecule has 0 radical (unpaired) electrons. The van der Waals surface area contributed by atoms with Gasteiger partial charge in [-0.2, -0.15) is 0 Å². The smallest absolute Gasteiger partial charge is 0.0552 e. The van der Waals surface area contributed by atoms with Gasteiger partial charge in [-0.25, -0.2) is 0 Å². The first-order valence-corrected chi connectivity index (χ1v) is 8.42. The summed E-state index contributed by atoms with van der Waals surface area (Å²) in [6, 6.07) is 0.667. The van der Waals surface area contributed by atoms with Gasteiger partial charge in [-0.1, -0.05) is 27.2 Å². The summed E-state index contributed by atoms with van der Waals surface area (Å²) in [5.74, 6) is 0. The Kier molecular flexibility index (Phi) is 7.49. The molecule has 0 aliphatic carbocycles. The van der Waals surface area contributed by atoms with E-state index in [0.717, 1.165) is 38.9 Å². The van der Waals surface area contributed by atoms with Gasteiger partial charge in [0.05, 0.1) is 6.10 Å². The molecular weight excluding hydrogens is 248 g/mol. The lowest BCUT2D eigenvalue weighted by Crippen LogP contribution is -2.49. The molecule has 0 aromatic carbocycles. The molecule has 1 rings (SSSR count). The van der Waals surface area contributed by atoms with E-state index in [0.29, 0.717) is 11.5 Å². The topological polar surface area (TPSA) is 26.7 Å². The highest BCUT2D eigenvalue weighted by Crippen LogP contribution is 2.22. The molecule has 1 saturated heterocycles. The summed E-state index contributed by atoms with van der Waals surface area (Å²) < 4.78 is 0. The van der Waals surface area contributed by atoms with E-state index in [4.69, 9.17) is 0 Å².